The van der Waals surface area contributed by atoms with Crippen molar-refractivity contribution in [2.45, 2.75) is 39.5 Å². The second-order valence-electron chi connectivity index (χ2n) is 7.55. The molecule has 0 saturated heterocycles. The molecule has 1 aliphatic carbocycles. The van der Waals surface area contributed by atoms with Gasteiger partial charge in [-0.15, -0.1) is 0 Å². The summed E-state index contributed by atoms with van der Waals surface area (Å²) >= 11 is 0. The minimum absolute atomic E-state index is 0.0198. The maximum Gasteiger partial charge on any atom is 0.340 e. The SMILES string of the molecule is CCOC(=O)C1=C(N)OC2=C(C(=O)CC(C)(C)C2)[C@H]1c1ccccc1OC. The van der Waals surface area contributed by atoms with Gasteiger partial charge in [0.15, 0.2) is 5.78 Å². The molecule has 6 heteroatoms. The average molecular weight is 371 g/mol. The van der Waals surface area contributed by atoms with Crippen LogP contribution in [0.1, 0.15) is 45.1 Å². The van der Waals surface area contributed by atoms with E-state index < -0.39 is 11.9 Å². The molecule has 0 aromatic heterocycles. The summed E-state index contributed by atoms with van der Waals surface area (Å²) in [6.45, 7) is 5.93. The van der Waals surface area contributed by atoms with Crippen LogP contribution >= 0.6 is 0 Å². The number of allylic oxidation sites excluding steroid dienone is 2. The van der Waals surface area contributed by atoms with Crippen molar-refractivity contribution >= 4 is 11.8 Å². The second kappa shape index (κ2) is 7.10. The van der Waals surface area contributed by atoms with Gasteiger partial charge in [-0.25, -0.2) is 4.79 Å². The molecule has 0 bridgehead atoms. The number of benzene rings is 1. The zero-order valence-corrected chi connectivity index (χ0v) is 16.1. The number of ether oxygens (including phenoxy) is 3. The van der Waals surface area contributed by atoms with Crippen molar-refractivity contribution in [3.05, 3.63) is 52.6 Å². The third kappa shape index (κ3) is 3.44. The van der Waals surface area contributed by atoms with E-state index in [4.69, 9.17) is 19.9 Å². The van der Waals surface area contributed by atoms with Gasteiger partial charge in [0.1, 0.15) is 17.1 Å². The first-order valence-electron chi connectivity index (χ1n) is 9.03. The Hall–Kier alpha value is -2.76. The van der Waals surface area contributed by atoms with Crippen LogP contribution in [0.3, 0.4) is 0 Å². The Kier molecular flexibility index (Phi) is 5.00. The van der Waals surface area contributed by atoms with Crippen LogP contribution in [0.2, 0.25) is 0 Å². The number of carbonyl (C=O) groups excluding carboxylic acids is 2. The van der Waals surface area contributed by atoms with Gasteiger partial charge < -0.3 is 19.9 Å². The molecule has 144 valence electrons. The van der Waals surface area contributed by atoms with Crippen molar-refractivity contribution in [3.8, 4) is 5.75 Å². The van der Waals surface area contributed by atoms with E-state index >= 15 is 0 Å². The zero-order valence-electron chi connectivity index (χ0n) is 16.1. The number of hydrogen-bond donors (Lipinski definition) is 1. The number of hydrogen-bond acceptors (Lipinski definition) is 6. The molecule has 2 aliphatic rings. The van der Waals surface area contributed by atoms with E-state index in [1.54, 1.807) is 20.1 Å². The van der Waals surface area contributed by atoms with E-state index in [2.05, 4.69) is 0 Å². The van der Waals surface area contributed by atoms with Crippen LogP contribution in [0.5, 0.6) is 5.75 Å². The smallest absolute Gasteiger partial charge is 0.340 e. The van der Waals surface area contributed by atoms with Crippen molar-refractivity contribution in [1.82, 2.24) is 0 Å². The van der Waals surface area contributed by atoms with Gasteiger partial charge in [-0.05, 0) is 18.4 Å². The predicted molar refractivity (Wildman–Crippen MR) is 99.7 cm³/mol. The van der Waals surface area contributed by atoms with Crippen molar-refractivity contribution in [3.63, 3.8) is 0 Å². The van der Waals surface area contributed by atoms with Gasteiger partial charge in [-0.1, -0.05) is 32.0 Å². The summed E-state index contributed by atoms with van der Waals surface area (Å²) in [6, 6.07) is 7.30. The molecular weight excluding hydrogens is 346 g/mol. The van der Waals surface area contributed by atoms with E-state index in [9.17, 15) is 9.59 Å². The molecule has 27 heavy (non-hydrogen) atoms. The van der Waals surface area contributed by atoms with Crippen molar-refractivity contribution < 1.29 is 23.8 Å². The highest BCUT2D eigenvalue weighted by Gasteiger charge is 2.45. The summed E-state index contributed by atoms with van der Waals surface area (Å²) in [5.74, 6) is -0.233. The van der Waals surface area contributed by atoms with Gasteiger partial charge in [0, 0.05) is 24.0 Å². The molecule has 0 spiro atoms. The van der Waals surface area contributed by atoms with E-state index in [1.807, 2.05) is 32.0 Å². The fourth-order valence-corrected chi connectivity index (χ4v) is 3.81. The number of Topliss-reactive ketones (excluding diaryl/α,β-unsaturated/α-hetero) is 1. The number of rotatable bonds is 4. The van der Waals surface area contributed by atoms with Gasteiger partial charge in [-0.3, -0.25) is 4.79 Å². The maximum atomic E-state index is 13.1. The highest BCUT2D eigenvalue weighted by molar-refractivity contribution is 6.03. The molecule has 3 rings (SSSR count). The molecule has 1 aromatic carbocycles. The Labute approximate surface area is 159 Å². The van der Waals surface area contributed by atoms with Crippen LogP contribution in [-0.4, -0.2) is 25.5 Å². The number of nitrogens with two attached hydrogens (primary N) is 1. The lowest BCUT2D eigenvalue weighted by Gasteiger charge is -2.38. The predicted octanol–water partition coefficient (Wildman–Crippen LogP) is 3.19. The molecule has 1 aliphatic heterocycles. The zero-order chi connectivity index (χ0) is 19.8. The lowest BCUT2D eigenvalue weighted by molar-refractivity contribution is -0.139. The van der Waals surface area contributed by atoms with Crippen LogP contribution in [0.4, 0.5) is 0 Å². The van der Waals surface area contributed by atoms with Crippen molar-refractivity contribution in [1.29, 1.82) is 0 Å². The van der Waals surface area contributed by atoms with Crippen molar-refractivity contribution in [2.75, 3.05) is 13.7 Å². The molecule has 2 N–H and O–H groups in total. The third-order valence-electron chi connectivity index (χ3n) is 4.90. The number of methoxy groups -OCH3 is 1. The highest BCUT2D eigenvalue weighted by Crippen LogP contribution is 2.49. The number of ketones is 1. The van der Waals surface area contributed by atoms with Gasteiger partial charge in [0.25, 0.3) is 0 Å². The van der Waals surface area contributed by atoms with Crippen LogP contribution in [-0.2, 0) is 19.1 Å². The average Bonchev–Trinajstić information content (AvgIpc) is 2.59. The van der Waals surface area contributed by atoms with E-state index in [0.29, 0.717) is 35.5 Å². The van der Waals surface area contributed by atoms with Gasteiger partial charge in [0.05, 0.1) is 19.6 Å². The monoisotopic (exact) mass is 371 g/mol. The second-order valence-corrected chi connectivity index (χ2v) is 7.55. The van der Waals surface area contributed by atoms with Gasteiger partial charge in [-0.2, -0.15) is 0 Å². The Bertz CT molecular complexity index is 850. The molecule has 0 saturated carbocycles. The molecule has 0 radical (unpaired) electrons. The quantitative estimate of drug-likeness (QED) is 0.818. The van der Waals surface area contributed by atoms with Gasteiger partial charge in [0.2, 0.25) is 5.88 Å². The Morgan fingerprint density at radius 1 is 1.30 bits per heavy atom. The lowest BCUT2D eigenvalue weighted by Crippen LogP contribution is -2.35. The number of para-hydroxylation sites is 1. The van der Waals surface area contributed by atoms with Crippen LogP contribution in [0, 0.1) is 5.41 Å². The largest absolute Gasteiger partial charge is 0.496 e. The third-order valence-corrected chi connectivity index (χ3v) is 4.90. The Balaban J connectivity index is 2.22. The number of esters is 1. The Morgan fingerprint density at radius 3 is 2.67 bits per heavy atom. The molecule has 1 heterocycles. The van der Waals surface area contributed by atoms with Crippen LogP contribution < -0.4 is 10.5 Å². The minimum Gasteiger partial charge on any atom is -0.496 e. The minimum atomic E-state index is -0.674. The Morgan fingerprint density at radius 2 is 2.00 bits per heavy atom. The fraction of sp³-hybridized carbons (Fsp3) is 0.429. The molecular formula is C21H25NO5. The summed E-state index contributed by atoms with van der Waals surface area (Å²) in [7, 11) is 1.55. The molecule has 6 nitrogen and oxygen atoms in total. The molecule has 1 aromatic rings. The van der Waals surface area contributed by atoms with Crippen molar-refractivity contribution in [2.24, 2.45) is 11.1 Å². The number of carbonyl (C=O) groups is 2. The van der Waals surface area contributed by atoms with E-state index in [0.717, 1.165) is 0 Å². The fourth-order valence-electron chi connectivity index (χ4n) is 3.81. The first-order valence-corrected chi connectivity index (χ1v) is 9.03. The summed E-state index contributed by atoms with van der Waals surface area (Å²) in [4.78, 5) is 25.8. The van der Waals surface area contributed by atoms with Crippen LogP contribution in [0.25, 0.3) is 0 Å². The summed E-state index contributed by atoms with van der Waals surface area (Å²) in [5, 5.41) is 0. The molecule has 0 amide bonds. The van der Waals surface area contributed by atoms with E-state index in [-0.39, 0.29) is 29.3 Å². The molecule has 0 unspecified atom stereocenters. The van der Waals surface area contributed by atoms with E-state index in [1.165, 1.54) is 0 Å². The topological polar surface area (TPSA) is 87.9 Å². The summed E-state index contributed by atoms with van der Waals surface area (Å²) in [6.07, 6.45) is 0.938. The summed E-state index contributed by atoms with van der Waals surface area (Å²) < 4.78 is 16.5. The lowest BCUT2D eigenvalue weighted by atomic mass is 9.70. The highest BCUT2D eigenvalue weighted by atomic mass is 16.5. The normalized spacial score (nSPS) is 21.5. The first-order chi connectivity index (χ1) is 12.8. The molecule has 0 fully saturated rings. The standard InChI is InChI=1S/C21H25NO5/c1-5-26-20(24)18-16(12-8-6-7-9-14(12)25-4)17-13(23)10-21(2,3)11-15(17)27-19(18)22/h6-9,16H,5,10-11,22H2,1-4H3/t16-/m1/s1. The maximum absolute atomic E-state index is 13.1. The first kappa shape index (κ1) is 19.0. The van der Waals surface area contributed by atoms with Gasteiger partial charge >= 0.3 is 5.97 Å². The molecule has 1 atom stereocenters. The summed E-state index contributed by atoms with van der Waals surface area (Å²) in [5.41, 5.74) is 7.21. The van der Waals surface area contributed by atoms with Crippen LogP contribution in [0.15, 0.2) is 47.1 Å².